The lowest BCUT2D eigenvalue weighted by Gasteiger charge is -2.11. The van der Waals surface area contributed by atoms with Crippen LogP contribution in [0.15, 0.2) is 42.5 Å². The maximum atomic E-state index is 12.8. The molecule has 0 fully saturated rings. The zero-order valence-corrected chi connectivity index (χ0v) is 14.8. The number of benzene rings is 1. The van der Waals surface area contributed by atoms with Gasteiger partial charge in [-0.15, -0.1) is 17.0 Å². The van der Waals surface area contributed by atoms with E-state index in [0.29, 0.717) is 0 Å². The van der Waals surface area contributed by atoms with E-state index in [0.717, 1.165) is 17.4 Å². The number of methoxy groups -OCH3 is 1. The van der Waals surface area contributed by atoms with Gasteiger partial charge in [0.2, 0.25) is 0 Å². The van der Waals surface area contributed by atoms with E-state index in [9.17, 15) is 18.0 Å². The third-order valence-corrected chi connectivity index (χ3v) is 4.16. The number of alkyl halides is 3. The smallest absolute Gasteiger partial charge is 0.433 e. The van der Waals surface area contributed by atoms with Crippen molar-refractivity contribution in [2.75, 3.05) is 7.11 Å². The number of carbonyl (C=O) groups excluding carboxylic acids is 1. The normalized spacial score (nSPS) is 11.3. The molecule has 124 valence electrons. The van der Waals surface area contributed by atoms with Crippen LogP contribution in [0.25, 0.3) is 0 Å². The molecule has 2 aromatic rings. The van der Waals surface area contributed by atoms with Crippen molar-refractivity contribution in [3.63, 3.8) is 0 Å². The van der Waals surface area contributed by atoms with Gasteiger partial charge in [0.05, 0.1) is 18.4 Å². The van der Waals surface area contributed by atoms with Crippen molar-refractivity contribution in [1.82, 2.24) is 4.98 Å². The summed E-state index contributed by atoms with van der Waals surface area (Å²) >= 11 is 0. The number of esters is 1. The summed E-state index contributed by atoms with van der Waals surface area (Å²) in [5.41, 5.74) is -0.837. The highest BCUT2D eigenvalue weighted by Gasteiger charge is 2.33. The number of carbonyl (C=O) groups is 1. The van der Waals surface area contributed by atoms with Gasteiger partial charge in [-0.25, -0.2) is 9.78 Å². The minimum atomic E-state index is -4.54. The second-order valence-corrected chi connectivity index (χ2v) is 5.68. The molecule has 1 aromatic heterocycles. The molecule has 0 radical (unpaired) electrons. The molecular weight excluding hydrogens is 394 g/mol. The van der Waals surface area contributed by atoms with Gasteiger partial charge in [0, 0.05) is 6.16 Å². The van der Waals surface area contributed by atoms with E-state index in [2.05, 4.69) is 9.72 Å². The molecule has 0 saturated heterocycles. The summed E-state index contributed by atoms with van der Waals surface area (Å²) < 4.78 is 42.9. The lowest BCUT2D eigenvalue weighted by Crippen LogP contribution is -2.14. The van der Waals surface area contributed by atoms with Crippen molar-refractivity contribution >= 4 is 36.8 Å². The predicted octanol–water partition coefficient (Wildman–Crippen LogP) is 3.97. The number of aromatic nitrogens is 1. The van der Waals surface area contributed by atoms with Crippen LogP contribution in [0, 0.1) is 0 Å². The van der Waals surface area contributed by atoms with E-state index >= 15 is 0 Å². The number of nitrogens with zero attached hydrogens (tertiary/aromatic N) is 1. The molecule has 0 amide bonds. The van der Waals surface area contributed by atoms with E-state index < -0.39 is 17.8 Å². The number of hydrogen-bond donors (Lipinski definition) is 0. The largest absolute Gasteiger partial charge is 0.465 e. The van der Waals surface area contributed by atoms with Crippen LogP contribution in [0.1, 0.15) is 21.7 Å². The van der Waals surface area contributed by atoms with Crippen LogP contribution in [-0.4, -0.2) is 18.1 Å². The van der Waals surface area contributed by atoms with Gasteiger partial charge in [0.1, 0.15) is 5.69 Å². The fourth-order valence-corrected chi connectivity index (χ4v) is 2.90. The molecular formula is C15H14BrF3NO2P. The average molecular weight is 408 g/mol. The molecule has 0 aliphatic carbocycles. The minimum Gasteiger partial charge on any atom is -0.465 e. The van der Waals surface area contributed by atoms with E-state index in [1.807, 2.05) is 30.3 Å². The Morgan fingerprint density at radius 1 is 1.17 bits per heavy atom. The van der Waals surface area contributed by atoms with E-state index in [1.165, 1.54) is 7.11 Å². The Bertz CT molecular complexity index is 666. The molecule has 8 heteroatoms. The van der Waals surface area contributed by atoms with Crippen LogP contribution in [0.4, 0.5) is 13.2 Å². The van der Waals surface area contributed by atoms with Crippen molar-refractivity contribution in [1.29, 1.82) is 0 Å². The second kappa shape index (κ2) is 8.41. The first-order valence-electron chi connectivity index (χ1n) is 6.36. The van der Waals surface area contributed by atoms with E-state index in [1.54, 1.807) is 0 Å². The number of pyridine rings is 1. The Balaban J connectivity index is 0.00000264. The van der Waals surface area contributed by atoms with Gasteiger partial charge < -0.3 is 4.74 Å². The molecule has 3 nitrogen and oxygen atoms in total. The van der Waals surface area contributed by atoms with Gasteiger partial charge in [0.25, 0.3) is 0 Å². The predicted molar refractivity (Wildman–Crippen MR) is 89.0 cm³/mol. The molecule has 1 atom stereocenters. The van der Waals surface area contributed by atoms with Crippen molar-refractivity contribution < 1.29 is 22.7 Å². The van der Waals surface area contributed by atoms with Gasteiger partial charge >= 0.3 is 12.1 Å². The monoisotopic (exact) mass is 407 g/mol. The van der Waals surface area contributed by atoms with Crippen molar-refractivity contribution in [2.24, 2.45) is 0 Å². The highest BCUT2D eigenvalue weighted by molar-refractivity contribution is 8.93. The van der Waals surface area contributed by atoms with Crippen LogP contribution in [0.5, 0.6) is 0 Å². The summed E-state index contributed by atoms with van der Waals surface area (Å²) in [6.07, 6.45) is -4.29. The molecule has 0 N–H and O–H groups in total. The minimum absolute atomic E-state index is 0. The fraction of sp³-hybridized carbons (Fsp3) is 0.200. The average Bonchev–Trinajstić information content (AvgIpc) is 2.52. The summed E-state index contributed by atoms with van der Waals surface area (Å²) in [5, 5.41) is 0.984. The topological polar surface area (TPSA) is 39.2 Å². The number of hydrogen-bond acceptors (Lipinski definition) is 3. The Morgan fingerprint density at radius 2 is 1.83 bits per heavy atom. The first-order valence-corrected chi connectivity index (χ1v) is 7.57. The number of ether oxygens (including phenoxy) is 1. The third kappa shape index (κ3) is 5.29. The first-order chi connectivity index (χ1) is 10.4. The highest BCUT2D eigenvalue weighted by atomic mass is 79.9. The Kier molecular flexibility index (Phi) is 7.16. The summed E-state index contributed by atoms with van der Waals surface area (Å²) in [6, 6.07) is 11.2. The molecule has 0 spiro atoms. The maximum Gasteiger partial charge on any atom is 0.433 e. The Hall–Kier alpha value is -1.46. The van der Waals surface area contributed by atoms with Crippen LogP contribution < -0.4 is 5.30 Å². The van der Waals surface area contributed by atoms with Crippen molar-refractivity contribution in [2.45, 2.75) is 12.3 Å². The second-order valence-electron chi connectivity index (χ2n) is 4.40. The molecule has 0 aliphatic heterocycles. The zero-order valence-electron chi connectivity index (χ0n) is 12.1. The van der Waals surface area contributed by atoms with Gasteiger partial charge in [-0.05, 0) is 17.4 Å². The molecule has 2 rings (SSSR count). The van der Waals surface area contributed by atoms with Gasteiger partial charge in [0.15, 0.2) is 0 Å². The van der Waals surface area contributed by atoms with E-state index in [-0.39, 0.29) is 43.0 Å². The Morgan fingerprint density at radius 3 is 2.39 bits per heavy atom. The Labute approximate surface area is 143 Å². The van der Waals surface area contributed by atoms with E-state index in [4.69, 9.17) is 0 Å². The molecule has 0 aliphatic rings. The molecule has 1 aromatic carbocycles. The number of halogens is 4. The summed E-state index contributed by atoms with van der Waals surface area (Å²) in [6.45, 7) is 0. The highest BCUT2D eigenvalue weighted by Crippen LogP contribution is 2.30. The fourth-order valence-electron chi connectivity index (χ4n) is 1.83. The maximum absolute atomic E-state index is 12.8. The van der Waals surface area contributed by atoms with Crippen LogP contribution in [0.3, 0.4) is 0 Å². The summed E-state index contributed by atoms with van der Waals surface area (Å²) in [4.78, 5) is 15.3. The lowest BCUT2D eigenvalue weighted by molar-refractivity contribution is -0.141. The van der Waals surface area contributed by atoms with Crippen LogP contribution >= 0.6 is 25.6 Å². The van der Waals surface area contributed by atoms with Crippen molar-refractivity contribution in [3.8, 4) is 0 Å². The molecule has 0 saturated carbocycles. The zero-order chi connectivity index (χ0) is 16.2. The standard InChI is InChI=1S/C15H13F3NO2P.BrH/c1-21-14(20)11-7-8-13(15(16,17)18)19-12(11)9-22-10-5-3-2-4-6-10;/h2-8,22H,9H2,1H3;1H. The van der Waals surface area contributed by atoms with Crippen molar-refractivity contribution in [3.05, 3.63) is 59.4 Å². The number of rotatable bonds is 4. The van der Waals surface area contributed by atoms with Gasteiger partial charge in [-0.3, -0.25) is 0 Å². The SMILES string of the molecule is Br.COC(=O)c1ccc(C(F)(F)F)nc1CPc1ccccc1. The van der Waals surface area contributed by atoms with Gasteiger partial charge in [-0.1, -0.05) is 38.9 Å². The quantitative estimate of drug-likeness (QED) is 0.568. The molecule has 0 bridgehead atoms. The van der Waals surface area contributed by atoms with Crippen LogP contribution in [-0.2, 0) is 17.1 Å². The lowest BCUT2D eigenvalue weighted by atomic mass is 10.2. The third-order valence-electron chi connectivity index (χ3n) is 2.90. The molecule has 1 heterocycles. The molecule has 1 unspecified atom stereocenters. The summed E-state index contributed by atoms with van der Waals surface area (Å²) in [5.74, 6) is -0.686. The van der Waals surface area contributed by atoms with Gasteiger partial charge in [-0.2, -0.15) is 13.2 Å². The first kappa shape index (κ1) is 19.6. The summed E-state index contributed by atoms with van der Waals surface area (Å²) in [7, 11) is 1.40. The molecule has 23 heavy (non-hydrogen) atoms. The van der Waals surface area contributed by atoms with Crippen LogP contribution in [0.2, 0.25) is 0 Å².